The molecule has 0 aromatic rings. The first kappa shape index (κ1) is 14.5. The Kier molecular flexibility index (Phi) is 7.21. The zero-order valence-corrected chi connectivity index (χ0v) is 11.3. The van der Waals surface area contributed by atoms with Crippen LogP contribution in [-0.4, -0.2) is 50.6 Å². The van der Waals surface area contributed by atoms with Gasteiger partial charge in [-0.25, -0.2) is 0 Å². The monoisotopic (exact) mass is 241 g/mol. The van der Waals surface area contributed by atoms with E-state index in [1.807, 2.05) is 0 Å². The molecule has 0 saturated carbocycles. The molecule has 100 valence electrons. The molecule has 17 heavy (non-hydrogen) atoms. The summed E-state index contributed by atoms with van der Waals surface area (Å²) in [6.45, 7) is 7.28. The van der Waals surface area contributed by atoms with Crippen LogP contribution in [-0.2, 0) is 4.79 Å². The van der Waals surface area contributed by atoms with E-state index in [2.05, 4.69) is 22.5 Å². The molecule has 1 heterocycles. The lowest BCUT2D eigenvalue weighted by Gasteiger charge is -2.30. The molecule has 1 rings (SSSR count). The summed E-state index contributed by atoms with van der Waals surface area (Å²) < 4.78 is 0. The van der Waals surface area contributed by atoms with Crippen molar-refractivity contribution in [2.24, 2.45) is 5.92 Å². The number of carbonyl (C=O) groups excluding carboxylic acids is 1. The molecule has 0 unspecified atom stereocenters. The van der Waals surface area contributed by atoms with Crippen molar-refractivity contribution in [2.45, 2.75) is 32.6 Å². The van der Waals surface area contributed by atoms with Gasteiger partial charge in [0.05, 0.1) is 6.54 Å². The van der Waals surface area contributed by atoms with Crippen molar-refractivity contribution < 1.29 is 4.79 Å². The molecule has 0 atom stereocenters. The molecule has 1 fully saturated rings. The van der Waals surface area contributed by atoms with Crippen molar-refractivity contribution in [3.63, 3.8) is 0 Å². The molecular formula is C13H27N3O. The molecule has 4 heteroatoms. The summed E-state index contributed by atoms with van der Waals surface area (Å²) in [5, 5.41) is 5.75. The predicted octanol–water partition coefficient (Wildman–Crippen LogP) is 0.834. The number of nitrogens with one attached hydrogen (secondary N) is 2. The van der Waals surface area contributed by atoms with Gasteiger partial charge in [0.2, 0.25) is 5.91 Å². The topological polar surface area (TPSA) is 44.4 Å². The molecule has 1 aliphatic rings. The summed E-state index contributed by atoms with van der Waals surface area (Å²) in [6, 6.07) is 0. The minimum absolute atomic E-state index is 0.0966. The van der Waals surface area contributed by atoms with E-state index in [0.29, 0.717) is 6.54 Å². The van der Waals surface area contributed by atoms with Gasteiger partial charge in [0.25, 0.3) is 0 Å². The zero-order chi connectivity index (χ0) is 12.5. The van der Waals surface area contributed by atoms with E-state index in [-0.39, 0.29) is 5.91 Å². The van der Waals surface area contributed by atoms with Crippen LogP contribution in [0.1, 0.15) is 32.6 Å². The highest BCUT2D eigenvalue weighted by Gasteiger charge is 2.14. The first-order valence-corrected chi connectivity index (χ1v) is 6.86. The van der Waals surface area contributed by atoms with Crippen molar-refractivity contribution in [3.8, 4) is 0 Å². The first-order chi connectivity index (χ1) is 8.22. The van der Waals surface area contributed by atoms with Gasteiger partial charge in [-0.2, -0.15) is 0 Å². The third-order valence-electron chi connectivity index (χ3n) is 3.44. The summed E-state index contributed by atoms with van der Waals surface area (Å²) in [6.07, 6.45) is 4.97. The van der Waals surface area contributed by atoms with E-state index in [4.69, 9.17) is 0 Å². The summed E-state index contributed by atoms with van der Waals surface area (Å²) in [4.78, 5) is 13.7. The van der Waals surface area contributed by atoms with Crippen molar-refractivity contribution >= 4 is 5.91 Å². The summed E-state index contributed by atoms with van der Waals surface area (Å²) in [5.74, 6) is 1.01. The fourth-order valence-corrected chi connectivity index (χ4v) is 2.20. The number of nitrogens with zero attached hydrogens (tertiary/aromatic N) is 1. The van der Waals surface area contributed by atoms with Crippen LogP contribution >= 0.6 is 0 Å². The van der Waals surface area contributed by atoms with Crippen LogP contribution in [0.5, 0.6) is 0 Å². The maximum Gasteiger partial charge on any atom is 0.233 e. The fraction of sp³-hybridized carbons (Fsp3) is 0.923. The van der Waals surface area contributed by atoms with Crippen LogP contribution in [0, 0.1) is 5.92 Å². The number of carbonyl (C=O) groups is 1. The Morgan fingerprint density at radius 3 is 2.65 bits per heavy atom. The Labute approximate surface area is 105 Å². The Bertz CT molecular complexity index is 213. The van der Waals surface area contributed by atoms with Gasteiger partial charge < -0.3 is 15.5 Å². The van der Waals surface area contributed by atoms with Crippen molar-refractivity contribution in [3.05, 3.63) is 0 Å². The molecule has 0 aromatic carbocycles. The van der Waals surface area contributed by atoms with Gasteiger partial charge in [-0.3, -0.25) is 4.79 Å². The quantitative estimate of drug-likeness (QED) is 0.649. The van der Waals surface area contributed by atoms with E-state index in [9.17, 15) is 4.79 Å². The molecule has 0 aliphatic carbocycles. The standard InChI is InChI=1S/C13H27N3O/c1-12-5-9-16(10-6-12)8-4-3-7-15-13(17)11-14-2/h12,14H,3-11H2,1-2H3,(H,15,17). The van der Waals surface area contributed by atoms with Gasteiger partial charge in [-0.05, 0) is 58.3 Å². The smallest absolute Gasteiger partial charge is 0.233 e. The number of hydrogen-bond donors (Lipinski definition) is 2. The SMILES string of the molecule is CNCC(=O)NCCCCN1CCC(C)CC1. The summed E-state index contributed by atoms with van der Waals surface area (Å²) >= 11 is 0. The Balaban J connectivity index is 1.92. The molecular weight excluding hydrogens is 214 g/mol. The highest BCUT2D eigenvalue weighted by Crippen LogP contribution is 2.15. The molecule has 0 radical (unpaired) electrons. The third-order valence-corrected chi connectivity index (χ3v) is 3.44. The van der Waals surface area contributed by atoms with Gasteiger partial charge in [-0.1, -0.05) is 6.92 Å². The molecule has 0 bridgehead atoms. The van der Waals surface area contributed by atoms with E-state index in [1.54, 1.807) is 7.05 Å². The Morgan fingerprint density at radius 2 is 2.00 bits per heavy atom. The number of unbranched alkanes of at least 4 members (excludes halogenated alkanes) is 1. The second-order valence-electron chi connectivity index (χ2n) is 5.11. The average molecular weight is 241 g/mol. The van der Waals surface area contributed by atoms with Gasteiger partial charge >= 0.3 is 0 Å². The lowest BCUT2D eigenvalue weighted by molar-refractivity contribution is -0.120. The average Bonchev–Trinajstić information content (AvgIpc) is 2.31. The maximum atomic E-state index is 11.2. The maximum absolute atomic E-state index is 11.2. The van der Waals surface area contributed by atoms with E-state index in [1.165, 1.54) is 38.9 Å². The van der Waals surface area contributed by atoms with Crippen molar-refractivity contribution in [1.29, 1.82) is 0 Å². The van der Waals surface area contributed by atoms with E-state index < -0.39 is 0 Å². The number of piperidine rings is 1. The van der Waals surface area contributed by atoms with E-state index in [0.717, 1.165) is 18.9 Å². The molecule has 4 nitrogen and oxygen atoms in total. The number of rotatable bonds is 7. The van der Waals surface area contributed by atoms with Gasteiger partial charge in [0, 0.05) is 6.54 Å². The van der Waals surface area contributed by atoms with Crippen LogP contribution < -0.4 is 10.6 Å². The second kappa shape index (κ2) is 8.48. The predicted molar refractivity (Wildman–Crippen MR) is 71.0 cm³/mol. The van der Waals surface area contributed by atoms with Crippen LogP contribution in [0.4, 0.5) is 0 Å². The largest absolute Gasteiger partial charge is 0.355 e. The van der Waals surface area contributed by atoms with Gasteiger partial charge in [-0.15, -0.1) is 0 Å². The molecule has 0 spiro atoms. The number of likely N-dealkylation sites (tertiary alicyclic amines) is 1. The molecule has 1 aliphatic heterocycles. The minimum atomic E-state index is 0.0966. The fourth-order valence-electron chi connectivity index (χ4n) is 2.20. The van der Waals surface area contributed by atoms with Crippen LogP contribution in [0.15, 0.2) is 0 Å². The van der Waals surface area contributed by atoms with Gasteiger partial charge in [0.15, 0.2) is 0 Å². The lowest BCUT2D eigenvalue weighted by atomic mass is 9.99. The third kappa shape index (κ3) is 6.64. The first-order valence-electron chi connectivity index (χ1n) is 6.86. The highest BCUT2D eigenvalue weighted by molar-refractivity contribution is 5.77. The molecule has 1 saturated heterocycles. The minimum Gasteiger partial charge on any atom is -0.355 e. The van der Waals surface area contributed by atoms with Crippen LogP contribution in [0.2, 0.25) is 0 Å². The van der Waals surface area contributed by atoms with E-state index >= 15 is 0 Å². The normalized spacial score (nSPS) is 18.2. The second-order valence-corrected chi connectivity index (χ2v) is 5.11. The van der Waals surface area contributed by atoms with Crippen LogP contribution in [0.3, 0.4) is 0 Å². The number of amides is 1. The lowest BCUT2D eigenvalue weighted by Crippen LogP contribution is -2.35. The highest BCUT2D eigenvalue weighted by atomic mass is 16.1. The molecule has 1 amide bonds. The van der Waals surface area contributed by atoms with Gasteiger partial charge in [0.1, 0.15) is 0 Å². The zero-order valence-electron chi connectivity index (χ0n) is 11.3. The number of likely N-dealkylation sites (N-methyl/N-ethyl adjacent to an activating group) is 1. The number of hydrogen-bond acceptors (Lipinski definition) is 3. The van der Waals surface area contributed by atoms with Crippen molar-refractivity contribution in [1.82, 2.24) is 15.5 Å². The molecule has 2 N–H and O–H groups in total. The Morgan fingerprint density at radius 1 is 1.29 bits per heavy atom. The summed E-state index contributed by atoms with van der Waals surface area (Å²) in [7, 11) is 1.79. The molecule has 0 aromatic heterocycles. The Hall–Kier alpha value is -0.610. The summed E-state index contributed by atoms with van der Waals surface area (Å²) in [5.41, 5.74) is 0. The van der Waals surface area contributed by atoms with Crippen molar-refractivity contribution in [2.75, 3.05) is 39.8 Å². The van der Waals surface area contributed by atoms with Crippen LogP contribution in [0.25, 0.3) is 0 Å².